The number of amides is 2. The maximum atomic E-state index is 13.2. The fraction of sp³-hybridized carbons (Fsp3) is 0.333. The minimum Gasteiger partial charge on any atom is -0.618 e. The molecule has 4 rings (SSSR count). The van der Waals surface area contributed by atoms with Crippen LogP contribution in [-0.2, 0) is 11.3 Å². The summed E-state index contributed by atoms with van der Waals surface area (Å²) in [6.45, 7) is 7.14. The predicted octanol–water partition coefficient (Wildman–Crippen LogP) is 2.67. The molecule has 200 valence electrons. The highest BCUT2D eigenvalue weighted by molar-refractivity contribution is 5.95. The summed E-state index contributed by atoms with van der Waals surface area (Å²) >= 11 is 0. The molecule has 3 aromatic rings. The lowest BCUT2D eigenvalue weighted by molar-refractivity contribution is -0.614. The van der Waals surface area contributed by atoms with Crippen molar-refractivity contribution in [2.24, 2.45) is 5.73 Å². The fourth-order valence-corrected chi connectivity index (χ4v) is 4.42. The third-order valence-electron chi connectivity index (χ3n) is 6.59. The highest BCUT2D eigenvalue weighted by Gasteiger charge is 2.40. The molecule has 0 unspecified atom stereocenters. The summed E-state index contributed by atoms with van der Waals surface area (Å²) < 4.78 is 19.3. The van der Waals surface area contributed by atoms with Gasteiger partial charge in [0.25, 0.3) is 5.91 Å². The Morgan fingerprint density at radius 2 is 1.89 bits per heavy atom. The summed E-state index contributed by atoms with van der Waals surface area (Å²) in [5.74, 6) is 0.531. The first-order valence-electron chi connectivity index (χ1n) is 12.3. The van der Waals surface area contributed by atoms with Crippen LogP contribution in [0.5, 0.6) is 11.5 Å². The molecular formula is C27H31FN6O4. The first kappa shape index (κ1) is 27.0. The number of nitrogens with two attached hydrogens (primary N) is 1. The van der Waals surface area contributed by atoms with Crippen LogP contribution in [0.2, 0.25) is 0 Å². The third kappa shape index (κ3) is 6.06. The van der Waals surface area contributed by atoms with E-state index >= 15 is 0 Å². The van der Waals surface area contributed by atoms with Crippen LogP contribution in [-0.4, -0.2) is 57.8 Å². The summed E-state index contributed by atoms with van der Waals surface area (Å²) in [6, 6.07) is 11.5. The fourth-order valence-electron chi connectivity index (χ4n) is 4.42. The van der Waals surface area contributed by atoms with Gasteiger partial charge in [-0.2, -0.15) is 4.73 Å². The molecule has 2 amide bonds. The minimum absolute atomic E-state index is 0.0350. The number of aromatic nitrogens is 2. The maximum absolute atomic E-state index is 13.2. The number of benzene rings is 1. The number of anilines is 1. The van der Waals surface area contributed by atoms with Gasteiger partial charge in [-0.3, -0.25) is 14.5 Å². The van der Waals surface area contributed by atoms with Crippen LogP contribution in [0.15, 0.2) is 60.9 Å². The van der Waals surface area contributed by atoms with Gasteiger partial charge in [0, 0.05) is 31.8 Å². The smallest absolute Gasteiger partial charge is 0.254 e. The second-order valence-electron chi connectivity index (χ2n) is 9.78. The number of hydrogen-bond acceptors (Lipinski definition) is 7. The Morgan fingerprint density at radius 3 is 2.53 bits per heavy atom. The van der Waals surface area contributed by atoms with Crippen molar-refractivity contribution in [2.45, 2.75) is 38.9 Å². The van der Waals surface area contributed by atoms with E-state index in [4.69, 9.17) is 10.5 Å². The summed E-state index contributed by atoms with van der Waals surface area (Å²) in [6.07, 6.45) is 2.77. The van der Waals surface area contributed by atoms with Gasteiger partial charge in [0.15, 0.2) is 6.20 Å². The molecule has 0 spiro atoms. The van der Waals surface area contributed by atoms with Crippen LogP contribution in [0.4, 0.5) is 10.2 Å². The molecule has 10 nitrogen and oxygen atoms in total. The summed E-state index contributed by atoms with van der Waals surface area (Å²) in [5.41, 5.74) is 5.78. The topological polar surface area (TPSA) is 128 Å². The molecule has 0 bridgehead atoms. The first-order valence-corrected chi connectivity index (χ1v) is 12.3. The lowest BCUT2D eigenvalue weighted by Gasteiger charge is -2.48. The third-order valence-corrected chi connectivity index (χ3v) is 6.59. The van der Waals surface area contributed by atoms with Crippen molar-refractivity contribution in [2.75, 3.05) is 25.0 Å². The molecule has 11 heteroatoms. The number of rotatable bonds is 7. The highest BCUT2D eigenvalue weighted by Crippen LogP contribution is 2.26. The Hall–Kier alpha value is -4.09. The van der Waals surface area contributed by atoms with E-state index in [0.29, 0.717) is 52.9 Å². The van der Waals surface area contributed by atoms with E-state index in [1.54, 1.807) is 17.0 Å². The van der Waals surface area contributed by atoms with Gasteiger partial charge in [-0.15, -0.1) is 0 Å². The number of nitrogens with zero attached hydrogens (tertiary/aromatic N) is 4. The van der Waals surface area contributed by atoms with Crippen LogP contribution in [0.1, 0.15) is 36.8 Å². The van der Waals surface area contributed by atoms with E-state index in [1.165, 1.54) is 48.8 Å². The Bertz CT molecular complexity index is 1300. The number of piperazine rings is 1. The number of pyridine rings is 2. The standard InChI is InChI=1S/C27H31FN6O4/c1-18(25(35)31-24-9-8-23(16-30-24)38-22-6-4-20(28)5-7-22)32-12-13-33(27(2,3)17-32)26(36)19-10-11-34(37)21(14-19)15-29/h4-11,14,16,18H,12-13,15,17,29H2,1-3H3,(H,30,31,35)/t18-/m1/s1. The normalized spacial score (nSPS) is 16.1. The van der Waals surface area contributed by atoms with Gasteiger partial charge in [0.05, 0.1) is 29.9 Å². The van der Waals surface area contributed by atoms with Crippen LogP contribution in [0.3, 0.4) is 0 Å². The molecule has 1 fully saturated rings. The number of nitrogens with one attached hydrogen (secondary N) is 1. The van der Waals surface area contributed by atoms with E-state index in [9.17, 15) is 19.2 Å². The average Bonchev–Trinajstić information content (AvgIpc) is 2.90. The zero-order valence-corrected chi connectivity index (χ0v) is 21.6. The minimum atomic E-state index is -0.562. The molecule has 0 saturated carbocycles. The number of hydrogen-bond donors (Lipinski definition) is 2. The Labute approximate surface area is 220 Å². The predicted molar refractivity (Wildman–Crippen MR) is 139 cm³/mol. The van der Waals surface area contributed by atoms with E-state index < -0.39 is 11.6 Å². The van der Waals surface area contributed by atoms with E-state index in [1.807, 2.05) is 25.7 Å². The molecule has 1 aromatic carbocycles. The molecule has 1 saturated heterocycles. The molecule has 0 aliphatic carbocycles. The molecule has 2 aromatic heterocycles. The van der Waals surface area contributed by atoms with Gasteiger partial charge >= 0.3 is 0 Å². The maximum Gasteiger partial charge on any atom is 0.254 e. The average molecular weight is 523 g/mol. The molecular weight excluding hydrogens is 491 g/mol. The van der Waals surface area contributed by atoms with Crippen molar-refractivity contribution in [3.63, 3.8) is 0 Å². The second kappa shape index (κ2) is 11.1. The van der Waals surface area contributed by atoms with Crippen LogP contribution in [0.25, 0.3) is 0 Å². The number of carbonyl (C=O) groups is 2. The molecule has 1 atom stereocenters. The van der Waals surface area contributed by atoms with Gasteiger partial charge in [0.2, 0.25) is 11.6 Å². The van der Waals surface area contributed by atoms with Gasteiger partial charge in [0.1, 0.15) is 23.1 Å². The zero-order chi connectivity index (χ0) is 27.4. The quantitative estimate of drug-likeness (QED) is 0.361. The van der Waals surface area contributed by atoms with Crippen LogP contribution >= 0.6 is 0 Å². The lowest BCUT2D eigenvalue weighted by Crippen LogP contribution is -2.63. The molecule has 3 heterocycles. The van der Waals surface area contributed by atoms with E-state index in [0.717, 1.165) is 0 Å². The molecule has 1 aliphatic heterocycles. The van der Waals surface area contributed by atoms with Crippen molar-refractivity contribution in [1.29, 1.82) is 0 Å². The number of ether oxygens (including phenoxy) is 1. The number of halogens is 1. The van der Waals surface area contributed by atoms with Gasteiger partial charge in [-0.25, -0.2) is 9.37 Å². The largest absolute Gasteiger partial charge is 0.618 e. The van der Waals surface area contributed by atoms with Gasteiger partial charge in [-0.05, 0) is 57.2 Å². The highest BCUT2D eigenvalue weighted by atomic mass is 19.1. The van der Waals surface area contributed by atoms with Gasteiger partial charge < -0.3 is 25.9 Å². The molecule has 38 heavy (non-hydrogen) atoms. The summed E-state index contributed by atoms with van der Waals surface area (Å²) in [4.78, 5) is 34.3. The Balaban J connectivity index is 1.35. The molecule has 1 aliphatic rings. The van der Waals surface area contributed by atoms with Crippen molar-refractivity contribution in [3.8, 4) is 11.5 Å². The first-order chi connectivity index (χ1) is 18.1. The van der Waals surface area contributed by atoms with Crippen LogP contribution < -0.4 is 20.5 Å². The van der Waals surface area contributed by atoms with Crippen molar-refractivity contribution < 1.29 is 23.4 Å². The Kier molecular flexibility index (Phi) is 7.88. The van der Waals surface area contributed by atoms with Gasteiger partial charge in [-0.1, -0.05) is 0 Å². The van der Waals surface area contributed by atoms with Crippen LogP contribution in [0, 0.1) is 11.0 Å². The Morgan fingerprint density at radius 1 is 1.18 bits per heavy atom. The summed E-state index contributed by atoms with van der Waals surface area (Å²) in [5, 5.41) is 14.6. The monoisotopic (exact) mass is 522 g/mol. The lowest BCUT2D eigenvalue weighted by atomic mass is 9.96. The van der Waals surface area contributed by atoms with Crippen molar-refractivity contribution >= 4 is 17.6 Å². The van der Waals surface area contributed by atoms with Crippen molar-refractivity contribution in [1.82, 2.24) is 14.8 Å². The molecule has 3 N–H and O–H groups in total. The second-order valence-corrected chi connectivity index (χ2v) is 9.78. The SMILES string of the molecule is C[C@H](C(=O)Nc1ccc(Oc2ccc(F)cc2)cn1)N1CCN(C(=O)c2cc[n+]([O-])c(CN)c2)C(C)(C)C1. The van der Waals surface area contributed by atoms with E-state index in [-0.39, 0.29) is 24.2 Å². The van der Waals surface area contributed by atoms with Crippen molar-refractivity contribution in [3.05, 3.63) is 83.2 Å². The number of carbonyl (C=O) groups excluding carboxylic acids is 2. The van der Waals surface area contributed by atoms with E-state index in [2.05, 4.69) is 10.3 Å². The molecule has 0 radical (unpaired) electrons. The summed E-state index contributed by atoms with van der Waals surface area (Å²) in [7, 11) is 0. The zero-order valence-electron chi connectivity index (χ0n) is 21.6.